The molecule has 0 aromatic heterocycles. The fraction of sp³-hybridized carbons (Fsp3) is 0.500. The van der Waals surface area contributed by atoms with Gasteiger partial charge in [-0.1, -0.05) is 11.6 Å². The number of hydrogen-bond donors (Lipinski definition) is 0. The van der Waals surface area contributed by atoms with Crippen molar-refractivity contribution in [1.82, 2.24) is 0 Å². The molecule has 0 fully saturated rings. The smallest absolute Gasteiger partial charge is 0.163 e. The zero-order valence-corrected chi connectivity index (χ0v) is 14.3. The molecule has 0 N–H and O–H groups in total. The van der Waals surface area contributed by atoms with E-state index in [9.17, 15) is 13.4 Å². The monoisotopic (exact) mass is 352 g/mol. The van der Waals surface area contributed by atoms with Crippen LogP contribution in [-0.4, -0.2) is 36.6 Å². The van der Waals surface area contributed by atoms with Crippen LogP contribution in [0, 0.1) is 5.82 Å². The molecule has 2 atom stereocenters. The van der Waals surface area contributed by atoms with E-state index in [0.717, 1.165) is 0 Å². The predicted octanol–water partition coefficient (Wildman–Crippen LogP) is 3.08. The molecule has 0 aliphatic heterocycles. The van der Waals surface area contributed by atoms with Crippen molar-refractivity contribution < 1.29 is 27.1 Å². The molecule has 0 radical (unpaired) electrons. The minimum atomic E-state index is -1.67. The van der Waals surface area contributed by atoms with Gasteiger partial charge in [0.1, 0.15) is 11.9 Å². The number of carbonyl (C=O) groups is 1. The summed E-state index contributed by atoms with van der Waals surface area (Å²) in [4.78, 5) is 11.8. The van der Waals surface area contributed by atoms with Gasteiger partial charge < -0.3 is 9.47 Å². The Morgan fingerprint density at radius 3 is 2.59 bits per heavy atom. The molecule has 124 valence electrons. The topological polar surface area (TPSA) is 61.8 Å². The lowest BCUT2D eigenvalue weighted by atomic mass is 10.0. The average Bonchev–Trinajstić information content (AvgIpc) is 2.42. The molecule has 0 bridgehead atoms. The molecule has 22 heavy (non-hydrogen) atoms. The molecule has 0 aliphatic rings. The standard InChI is InChI=1S/C14H18ClFO5S/c1-5-20-14-9(8(2)17)6-10(15)13(16)12(14)11(7-19-3)21-22(4)18/h6,11H,5,7H2,1-4H3. The van der Waals surface area contributed by atoms with Gasteiger partial charge in [0.25, 0.3) is 0 Å². The van der Waals surface area contributed by atoms with Crippen LogP contribution in [0.25, 0.3) is 0 Å². The minimum Gasteiger partial charge on any atom is -0.493 e. The van der Waals surface area contributed by atoms with Gasteiger partial charge in [0.2, 0.25) is 0 Å². The summed E-state index contributed by atoms with van der Waals surface area (Å²) in [7, 11) is 1.39. The summed E-state index contributed by atoms with van der Waals surface area (Å²) in [5, 5.41) is -0.241. The number of methoxy groups -OCH3 is 1. The van der Waals surface area contributed by atoms with E-state index in [1.54, 1.807) is 6.92 Å². The normalized spacial score (nSPS) is 13.7. The summed E-state index contributed by atoms with van der Waals surface area (Å²) < 4.78 is 41.4. The van der Waals surface area contributed by atoms with Gasteiger partial charge >= 0.3 is 0 Å². The van der Waals surface area contributed by atoms with Crippen LogP contribution in [0.15, 0.2) is 6.07 Å². The van der Waals surface area contributed by atoms with Crippen molar-refractivity contribution in [3.8, 4) is 5.75 Å². The molecule has 2 unspecified atom stereocenters. The molecule has 5 nitrogen and oxygen atoms in total. The van der Waals surface area contributed by atoms with Crippen molar-refractivity contribution >= 4 is 28.5 Å². The Morgan fingerprint density at radius 1 is 1.50 bits per heavy atom. The van der Waals surface area contributed by atoms with Crippen LogP contribution in [0.1, 0.15) is 35.9 Å². The average molecular weight is 353 g/mol. The van der Waals surface area contributed by atoms with E-state index >= 15 is 0 Å². The fourth-order valence-electron chi connectivity index (χ4n) is 1.95. The van der Waals surface area contributed by atoms with Gasteiger partial charge in [0, 0.05) is 13.4 Å². The van der Waals surface area contributed by atoms with E-state index in [1.807, 2.05) is 0 Å². The molecule has 0 saturated carbocycles. The first-order chi connectivity index (χ1) is 10.3. The number of rotatable bonds is 8. The molecule has 1 rings (SSSR count). The molecule has 0 aliphatic carbocycles. The lowest BCUT2D eigenvalue weighted by Gasteiger charge is -2.21. The molecule has 0 saturated heterocycles. The van der Waals surface area contributed by atoms with Gasteiger partial charge in [-0.25, -0.2) is 8.60 Å². The number of benzene rings is 1. The highest BCUT2D eigenvalue weighted by Crippen LogP contribution is 2.38. The molecule has 8 heteroatoms. The maximum atomic E-state index is 14.5. The Balaban J connectivity index is 3.58. The Hall–Kier alpha value is -1.02. The first-order valence-corrected chi connectivity index (χ1v) is 8.34. The largest absolute Gasteiger partial charge is 0.493 e. The Kier molecular flexibility index (Phi) is 7.41. The third-order valence-electron chi connectivity index (χ3n) is 2.77. The predicted molar refractivity (Wildman–Crippen MR) is 82.4 cm³/mol. The van der Waals surface area contributed by atoms with E-state index in [1.165, 1.54) is 26.4 Å². The summed E-state index contributed by atoms with van der Waals surface area (Å²) >= 11 is 4.19. The van der Waals surface area contributed by atoms with E-state index < -0.39 is 23.0 Å². The Bertz CT molecular complexity index is 579. The first kappa shape index (κ1) is 19.0. The first-order valence-electron chi connectivity index (χ1n) is 6.48. The second-order valence-electron chi connectivity index (χ2n) is 4.39. The highest BCUT2D eigenvalue weighted by Gasteiger charge is 2.29. The summed E-state index contributed by atoms with van der Waals surface area (Å²) in [6, 6.07) is 1.21. The molecule has 1 aromatic rings. The van der Waals surface area contributed by atoms with Gasteiger partial charge in [-0.3, -0.25) is 8.98 Å². The van der Waals surface area contributed by atoms with Gasteiger partial charge in [-0.2, -0.15) is 0 Å². The molecular formula is C14H18ClFO5S. The highest BCUT2D eigenvalue weighted by atomic mass is 35.5. The lowest BCUT2D eigenvalue weighted by molar-refractivity contribution is 0.0861. The van der Waals surface area contributed by atoms with Crippen molar-refractivity contribution in [2.75, 3.05) is 26.6 Å². The number of ether oxygens (including phenoxy) is 2. The second kappa shape index (κ2) is 8.57. The van der Waals surface area contributed by atoms with Crippen molar-refractivity contribution in [1.29, 1.82) is 0 Å². The van der Waals surface area contributed by atoms with Crippen LogP contribution in [0.3, 0.4) is 0 Å². The van der Waals surface area contributed by atoms with Crippen molar-refractivity contribution in [2.24, 2.45) is 0 Å². The van der Waals surface area contributed by atoms with Crippen LogP contribution in [0.5, 0.6) is 5.75 Å². The molecule has 1 aromatic carbocycles. The van der Waals surface area contributed by atoms with Crippen molar-refractivity contribution in [3.63, 3.8) is 0 Å². The second-order valence-corrected chi connectivity index (χ2v) is 5.80. The van der Waals surface area contributed by atoms with E-state index in [4.69, 9.17) is 25.3 Å². The molecular weight excluding hydrogens is 335 g/mol. The zero-order valence-electron chi connectivity index (χ0n) is 12.8. The third kappa shape index (κ3) is 4.49. The SMILES string of the molecule is CCOc1c(C(C)=O)cc(Cl)c(F)c1C(COC)OS(C)=O. The summed E-state index contributed by atoms with van der Waals surface area (Å²) in [6.45, 7) is 3.15. The van der Waals surface area contributed by atoms with E-state index in [2.05, 4.69) is 0 Å². The van der Waals surface area contributed by atoms with Crippen molar-refractivity contribution in [2.45, 2.75) is 20.0 Å². The third-order valence-corrected chi connectivity index (χ3v) is 3.54. The van der Waals surface area contributed by atoms with E-state index in [-0.39, 0.29) is 40.9 Å². The van der Waals surface area contributed by atoms with Gasteiger partial charge in [0.05, 0.1) is 29.4 Å². The van der Waals surface area contributed by atoms with Crippen LogP contribution in [0.2, 0.25) is 5.02 Å². The number of carbonyl (C=O) groups excluding carboxylic acids is 1. The van der Waals surface area contributed by atoms with Crippen molar-refractivity contribution in [3.05, 3.63) is 28.0 Å². The van der Waals surface area contributed by atoms with Crippen LogP contribution < -0.4 is 4.74 Å². The van der Waals surface area contributed by atoms with Crippen LogP contribution >= 0.6 is 11.6 Å². The summed E-state index contributed by atoms with van der Waals surface area (Å²) in [5.41, 5.74) is 0.0615. The molecule has 0 amide bonds. The van der Waals surface area contributed by atoms with Crippen LogP contribution in [0.4, 0.5) is 4.39 Å². The van der Waals surface area contributed by atoms with E-state index in [0.29, 0.717) is 0 Å². The van der Waals surface area contributed by atoms with Crippen LogP contribution in [-0.2, 0) is 20.0 Å². The minimum absolute atomic E-state index is 0.0319. The maximum absolute atomic E-state index is 14.5. The number of halogens is 2. The van der Waals surface area contributed by atoms with Gasteiger partial charge in [-0.05, 0) is 19.9 Å². The summed E-state index contributed by atoms with van der Waals surface area (Å²) in [5.74, 6) is -1.09. The zero-order chi connectivity index (χ0) is 16.9. The highest BCUT2D eigenvalue weighted by molar-refractivity contribution is 7.79. The number of hydrogen-bond acceptors (Lipinski definition) is 5. The Labute approximate surface area is 136 Å². The summed E-state index contributed by atoms with van der Waals surface area (Å²) in [6.07, 6.45) is 0.284. The molecule has 0 spiro atoms. The van der Waals surface area contributed by atoms with Gasteiger partial charge in [0.15, 0.2) is 22.7 Å². The Morgan fingerprint density at radius 2 is 2.14 bits per heavy atom. The number of Topliss-reactive ketones (excluding diaryl/α,β-unsaturated/α-hetero) is 1. The maximum Gasteiger partial charge on any atom is 0.163 e. The fourth-order valence-corrected chi connectivity index (χ4v) is 2.64. The number of ketones is 1. The van der Waals surface area contributed by atoms with Gasteiger partial charge in [-0.15, -0.1) is 0 Å². The quantitative estimate of drug-likeness (QED) is 0.673. The lowest BCUT2D eigenvalue weighted by Crippen LogP contribution is -2.17. The molecule has 0 heterocycles.